The number of hydrogen-bond acceptors (Lipinski definition) is 7. The highest BCUT2D eigenvalue weighted by molar-refractivity contribution is 8.00. The second kappa shape index (κ2) is 8.07. The zero-order valence-electron chi connectivity index (χ0n) is 13.7. The van der Waals surface area contributed by atoms with Crippen LogP contribution in [0.3, 0.4) is 0 Å². The van der Waals surface area contributed by atoms with Crippen molar-refractivity contribution in [3.63, 3.8) is 0 Å². The summed E-state index contributed by atoms with van der Waals surface area (Å²) in [7, 11) is 0. The van der Waals surface area contributed by atoms with Crippen LogP contribution >= 0.6 is 23.1 Å². The van der Waals surface area contributed by atoms with Gasteiger partial charge in [0.15, 0.2) is 4.34 Å². The third kappa shape index (κ3) is 4.64. The molecule has 0 atom stereocenters. The number of non-ortho nitro benzene ring substituents is 1. The third-order valence-electron chi connectivity index (χ3n) is 3.39. The molecule has 0 fully saturated rings. The fourth-order valence-corrected chi connectivity index (χ4v) is 3.89. The Morgan fingerprint density at radius 2 is 2.04 bits per heavy atom. The fourth-order valence-electron chi connectivity index (χ4n) is 2.20. The number of nitro groups is 1. The van der Waals surface area contributed by atoms with Crippen molar-refractivity contribution in [2.45, 2.75) is 17.0 Å². The van der Waals surface area contributed by atoms with E-state index in [4.69, 9.17) is 0 Å². The van der Waals surface area contributed by atoms with E-state index in [-0.39, 0.29) is 11.3 Å². The predicted octanol–water partition coefficient (Wildman–Crippen LogP) is 4.30. The van der Waals surface area contributed by atoms with Crippen molar-refractivity contribution in [1.82, 2.24) is 10.2 Å². The topological polar surface area (TPSA) is 98.0 Å². The number of aromatic nitrogens is 2. The second-order valence-corrected chi connectivity index (χ2v) is 7.61. The standard InChI is InChI=1S/C17H14N4O3S2/c1-11-4-2-5-12(8-11)10-25-17-20-19-16(26-17)18-15(22)13-6-3-7-14(9-13)21(23)24/h2-9H,10H2,1H3,(H,18,19,22). The van der Waals surface area contributed by atoms with E-state index >= 15 is 0 Å². The molecular formula is C17H14N4O3S2. The summed E-state index contributed by atoms with van der Waals surface area (Å²) in [5.41, 5.74) is 2.45. The monoisotopic (exact) mass is 386 g/mol. The zero-order chi connectivity index (χ0) is 18.5. The van der Waals surface area contributed by atoms with Gasteiger partial charge < -0.3 is 0 Å². The lowest BCUT2D eigenvalue weighted by atomic mass is 10.2. The zero-order valence-corrected chi connectivity index (χ0v) is 15.3. The van der Waals surface area contributed by atoms with Crippen molar-refractivity contribution in [2.75, 3.05) is 5.32 Å². The first-order chi connectivity index (χ1) is 12.5. The molecule has 1 heterocycles. The molecule has 7 nitrogen and oxygen atoms in total. The highest BCUT2D eigenvalue weighted by Crippen LogP contribution is 2.28. The molecule has 1 N–H and O–H groups in total. The van der Waals surface area contributed by atoms with E-state index in [0.717, 1.165) is 10.1 Å². The Morgan fingerprint density at radius 3 is 2.81 bits per heavy atom. The number of hydrogen-bond donors (Lipinski definition) is 1. The lowest BCUT2D eigenvalue weighted by molar-refractivity contribution is -0.384. The van der Waals surface area contributed by atoms with Crippen LogP contribution in [0.4, 0.5) is 10.8 Å². The van der Waals surface area contributed by atoms with Crippen molar-refractivity contribution >= 4 is 39.8 Å². The molecule has 0 aliphatic heterocycles. The first-order valence-corrected chi connectivity index (χ1v) is 9.39. The number of amides is 1. The highest BCUT2D eigenvalue weighted by atomic mass is 32.2. The SMILES string of the molecule is Cc1cccc(CSc2nnc(NC(=O)c3cccc([N+](=O)[O-])c3)s2)c1. The normalized spacial score (nSPS) is 10.5. The molecule has 0 aliphatic rings. The summed E-state index contributed by atoms with van der Waals surface area (Å²) in [5.74, 6) is 0.301. The second-order valence-electron chi connectivity index (χ2n) is 5.41. The molecule has 132 valence electrons. The van der Waals surface area contributed by atoms with Crippen LogP contribution in [0.2, 0.25) is 0 Å². The quantitative estimate of drug-likeness (QED) is 0.293. The Hall–Kier alpha value is -2.78. The van der Waals surface area contributed by atoms with Crippen LogP contribution in [0.5, 0.6) is 0 Å². The Balaban J connectivity index is 1.62. The molecule has 26 heavy (non-hydrogen) atoms. The summed E-state index contributed by atoms with van der Waals surface area (Å²) < 4.78 is 0.737. The highest BCUT2D eigenvalue weighted by Gasteiger charge is 2.14. The number of nitrogens with zero attached hydrogens (tertiary/aromatic N) is 3. The molecule has 0 aliphatic carbocycles. The van der Waals surface area contributed by atoms with E-state index in [1.165, 1.54) is 58.5 Å². The Bertz CT molecular complexity index is 958. The number of benzene rings is 2. The molecule has 2 aromatic carbocycles. The van der Waals surface area contributed by atoms with Crippen molar-refractivity contribution < 1.29 is 9.72 Å². The number of carbonyl (C=O) groups excluding carboxylic acids is 1. The third-order valence-corrected chi connectivity index (χ3v) is 5.43. The number of nitro benzene ring substituents is 1. The molecule has 0 unspecified atom stereocenters. The largest absolute Gasteiger partial charge is 0.296 e. The lowest BCUT2D eigenvalue weighted by Crippen LogP contribution is -2.11. The summed E-state index contributed by atoms with van der Waals surface area (Å²) >= 11 is 2.80. The molecule has 0 saturated heterocycles. The molecule has 3 aromatic rings. The molecule has 0 bridgehead atoms. The molecule has 0 radical (unpaired) electrons. The number of carbonyl (C=O) groups is 1. The fraction of sp³-hybridized carbons (Fsp3) is 0.118. The van der Waals surface area contributed by atoms with Gasteiger partial charge in [-0.15, -0.1) is 10.2 Å². The number of rotatable bonds is 6. The Morgan fingerprint density at radius 1 is 1.23 bits per heavy atom. The summed E-state index contributed by atoms with van der Waals surface area (Å²) in [6, 6.07) is 13.8. The molecular weight excluding hydrogens is 372 g/mol. The average molecular weight is 386 g/mol. The van der Waals surface area contributed by atoms with Gasteiger partial charge >= 0.3 is 0 Å². The molecule has 0 spiro atoms. The number of thioether (sulfide) groups is 1. The van der Waals surface area contributed by atoms with Gasteiger partial charge in [-0.2, -0.15) is 0 Å². The molecule has 1 aromatic heterocycles. The van der Waals surface area contributed by atoms with E-state index in [1.54, 1.807) is 0 Å². The molecule has 1 amide bonds. The van der Waals surface area contributed by atoms with Gasteiger partial charge in [0.1, 0.15) is 0 Å². The van der Waals surface area contributed by atoms with Crippen LogP contribution in [0, 0.1) is 17.0 Å². The minimum atomic E-state index is -0.540. The van der Waals surface area contributed by atoms with Gasteiger partial charge in [-0.05, 0) is 18.6 Å². The Labute approximate surface area is 157 Å². The molecule has 9 heteroatoms. The minimum absolute atomic E-state index is 0.135. The van der Waals surface area contributed by atoms with Crippen LogP contribution in [0.15, 0.2) is 52.9 Å². The van der Waals surface area contributed by atoms with Gasteiger partial charge in [0, 0.05) is 23.4 Å². The minimum Gasteiger partial charge on any atom is -0.296 e. The van der Waals surface area contributed by atoms with Crippen LogP contribution < -0.4 is 5.32 Å². The first kappa shape index (κ1) is 18.0. The van der Waals surface area contributed by atoms with Gasteiger partial charge in [-0.25, -0.2) is 0 Å². The summed E-state index contributed by atoms with van der Waals surface area (Å²) in [6.07, 6.45) is 0. The maximum absolute atomic E-state index is 12.2. The van der Waals surface area contributed by atoms with Crippen LogP contribution in [-0.2, 0) is 5.75 Å². The van der Waals surface area contributed by atoms with E-state index < -0.39 is 10.8 Å². The van der Waals surface area contributed by atoms with Crippen LogP contribution in [-0.4, -0.2) is 21.0 Å². The summed E-state index contributed by atoms with van der Waals surface area (Å²) in [5, 5.41) is 21.8. The van der Waals surface area contributed by atoms with Crippen molar-refractivity contribution in [1.29, 1.82) is 0 Å². The van der Waals surface area contributed by atoms with Crippen molar-refractivity contribution in [3.05, 3.63) is 75.3 Å². The van der Waals surface area contributed by atoms with Crippen molar-refractivity contribution in [3.8, 4) is 0 Å². The smallest absolute Gasteiger partial charge is 0.270 e. The van der Waals surface area contributed by atoms with Crippen LogP contribution in [0.25, 0.3) is 0 Å². The predicted molar refractivity (Wildman–Crippen MR) is 102 cm³/mol. The average Bonchev–Trinajstić information content (AvgIpc) is 3.07. The molecule has 3 rings (SSSR count). The first-order valence-electron chi connectivity index (χ1n) is 7.59. The van der Waals surface area contributed by atoms with Crippen LogP contribution in [0.1, 0.15) is 21.5 Å². The van der Waals surface area contributed by atoms with E-state index in [9.17, 15) is 14.9 Å². The maximum atomic E-state index is 12.2. The molecule has 0 saturated carbocycles. The number of nitrogens with one attached hydrogen (secondary N) is 1. The van der Waals surface area contributed by atoms with Gasteiger partial charge in [0.25, 0.3) is 11.6 Å². The van der Waals surface area contributed by atoms with Gasteiger partial charge in [-0.3, -0.25) is 20.2 Å². The number of anilines is 1. The maximum Gasteiger partial charge on any atom is 0.270 e. The van der Waals surface area contributed by atoms with E-state index in [1.807, 2.05) is 25.1 Å². The summed E-state index contributed by atoms with van der Waals surface area (Å²) in [6.45, 7) is 2.04. The van der Waals surface area contributed by atoms with E-state index in [0.29, 0.717) is 5.13 Å². The van der Waals surface area contributed by atoms with Gasteiger partial charge in [-0.1, -0.05) is 59.0 Å². The number of aryl methyl sites for hydroxylation is 1. The summed E-state index contributed by atoms with van der Waals surface area (Å²) in [4.78, 5) is 22.5. The van der Waals surface area contributed by atoms with Gasteiger partial charge in [0.05, 0.1) is 4.92 Å². The van der Waals surface area contributed by atoms with Gasteiger partial charge in [0.2, 0.25) is 5.13 Å². The van der Waals surface area contributed by atoms with E-state index in [2.05, 4.69) is 21.6 Å². The van der Waals surface area contributed by atoms with Crippen molar-refractivity contribution in [2.24, 2.45) is 0 Å². The Kier molecular flexibility index (Phi) is 5.59. The lowest BCUT2D eigenvalue weighted by Gasteiger charge is -2.01.